The zero-order valence-corrected chi connectivity index (χ0v) is 17.9. The van der Waals surface area contributed by atoms with Crippen molar-refractivity contribution in [2.24, 2.45) is 5.92 Å². The second kappa shape index (κ2) is 14.9. The number of carbonyl (C=O) groups excluding carboxylic acids is 3. The monoisotopic (exact) mass is 395 g/mol. The predicted octanol–water partition coefficient (Wildman–Crippen LogP) is 2.52. The molecule has 0 aromatic rings. The van der Waals surface area contributed by atoms with E-state index in [1.54, 1.807) is 13.0 Å². The largest absolute Gasteiger partial charge is 0.394 e. The van der Waals surface area contributed by atoms with Crippen molar-refractivity contribution in [2.75, 3.05) is 6.61 Å². The fourth-order valence-electron chi connectivity index (χ4n) is 2.64. The summed E-state index contributed by atoms with van der Waals surface area (Å²) in [6.07, 6.45) is 9.64. The molecule has 0 heterocycles. The summed E-state index contributed by atoms with van der Waals surface area (Å²) in [5, 5.41) is 17.1. The van der Waals surface area contributed by atoms with Gasteiger partial charge in [0.1, 0.15) is 11.7 Å². The maximum absolute atomic E-state index is 12.5. The molecule has 0 aliphatic heterocycles. The Kier molecular flexibility index (Phi) is 13.7. The number of hydrogen-bond donors (Lipinski definition) is 4. The van der Waals surface area contributed by atoms with Gasteiger partial charge in [0, 0.05) is 12.6 Å². The van der Waals surface area contributed by atoms with Gasteiger partial charge in [-0.3, -0.25) is 14.4 Å². The summed E-state index contributed by atoms with van der Waals surface area (Å²) < 4.78 is 0. The van der Waals surface area contributed by atoms with Crippen molar-refractivity contribution in [3.8, 4) is 0 Å². The Hall–Kier alpha value is -2.15. The van der Waals surface area contributed by atoms with Gasteiger partial charge in [0.25, 0.3) is 5.91 Å². The van der Waals surface area contributed by atoms with E-state index >= 15 is 0 Å². The minimum absolute atomic E-state index is 0.101. The molecule has 0 radical (unpaired) electrons. The fourth-order valence-corrected chi connectivity index (χ4v) is 2.64. The minimum atomic E-state index is -1.11. The Bertz CT molecular complexity index is 568. The first-order valence-corrected chi connectivity index (χ1v) is 10.1. The van der Waals surface area contributed by atoms with Crippen LogP contribution in [0.15, 0.2) is 23.5 Å². The molecule has 0 aliphatic carbocycles. The molecule has 28 heavy (non-hydrogen) atoms. The number of unbranched alkanes of at least 4 members (excludes halogenated alkanes) is 5. The molecule has 0 bridgehead atoms. The van der Waals surface area contributed by atoms with Gasteiger partial charge in [-0.2, -0.15) is 0 Å². The lowest BCUT2D eigenvalue weighted by Crippen LogP contribution is -2.50. The van der Waals surface area contributed by atoms with E-state index in [0.717, 1.165) is 25.7 Å². The molecule has 3 amide bonds. The number of nitrogens with one attached hydrogen (secondary N) is 3. The van der Waals surface area contributed by atoms with Crippen molar-refractivity contribution in [3.05, 3.63) is 23.5 Å². The van der Waals surface area contributed by atoms with E-state index in [2.05, 4.69) is 22.9 Å². The SMILES string of the molecule is CCCCCCC/C=C(/NC(C)=O)C(=O)N[C@H](CO)C(=O)N/C(C)=C/C(C)C. The lowest BCUT2D eigenvalue weighted by Gasteiger charge is -2.18. The van der Waals surface area contributed by atoms with Gasteiger partial charge in [-0.15, -0.1) is 0 Å². The molecule has 0 saturated carbocycles. The average molecular weight is 396 g/mol. The van der Waals surface area contributed by atoms with Crippen LogP contribution in [0.25, 0.3) is 0 Å². The Labute approximate surface area is 169 Å². The van der Waals surface area contributed by atoms with Crippen molar-refractivity contribution in [1.82, 2.24) is 16.0 Å². The maximum Gasteiger partial charge on any atom is 0.268 e. The quantitative estimate of drug-likeness (QED) is 0.284. The topological polar surface area (TPSA) is 108 Å². The summed E-state index contributed by atoms with van der Waals surface area (Å²) in [5.74, 6) is -1.21. The smallest absolute Gasteiger partial charge is 0.268 e. The zero-order chi connectivity index (χ0) is 21.5. The van der Waals surface area contributed by atoms with Gasteiger partial charge in [0.15, 0.2) is 0 Å². The summed E-state index contributed by atoms with van der Waals surface area (Å²) >= 11 is 0. The standard InChI is InChI=1S/C21H37N3O4/c1-6-7-8-9-10-11-12-18(23-17(5)26)20(27)24-19(14-25)21(28)22-16(4)13-15(2)3/h12-13,15,19,25H,6-11,14H2,1-5H3,(H,22,28)(H,23,26)(H,24,27)/b16-13+,18-12+/t19-/m1/s1. The van der Waals surface area contributed by atoms with Gasteiger partial charge < -0.3 is 21.1 Å². The second-order valence-electron chi connectivity index (χ2n) is 7.29. The fraction of sp³-hybridized carbons (Fsp3) is 0.667. The molecule has 0 unspecified atom stereocenters. The van der Waals surface area contributed by atoms with Crippen LogP contribution < -0.4 is 16.0 Å². The Morgan fingerprint density at radius 3 is 2.18 bits per heavy atom. The van der Waals surface area contributed by atoms with Crippen LogP contribution >= 0.6 is 0 Å². The van der Waals surface area contributed by atoms with Crippen LogP contribution in [-0.4, -0.2) is 35.5 Å². The van der Waals surface area contributed by atoms with E-state index in [4.69, 9.17) is 0 Å². The Balaban J connectivity index is 4.90. The molecule has 0 aromatic carbocycles. The van der Waals surface area contributed by atoms with E-state index in [1.807, 2.05) is 19.9 Å². The first-order valence-electron chi connectivity index (χ1n) is 10.1. The van der Waals surface area contributed by atoms with E-state index in [-0.39, 0.29) is 17.5 Å². The van der Waals surface area contributed by atoms with Gasteiger partial charge in [-0.05, 0) is 25.7 Å². The summed E-state index contributed by atoms with van der Waals surface area (Å²) in [5.41, 5.74) is 0.751. The van der Waals surface area contributed by atoms with Gasteiger partial charge in [0.05, 0.1) is 6.61 Å². The molecular weight excluding hydrogens is 358 g/mol. The maximum atomic E-state index is 12.5. The van der Waals surface area contributed by atoms with Crippen LogP contribution in [0, 0.1) is 5.92 Å². The molecule has 0 saturated heterocycles. The lowest BCUT2D eigenvalue weighted by atomic mass is 10.1. The van der Waals surface area contributed by atoms with E-state index in [0.29, 0.717) is 12.1 Å². The van der Waals surface area contributed by atoms with Gasteiger partial charge in [-0.1, -0.05) is 58.6 Å². The molecule has 1 atom stereocenters. The van der Waals surface area contributed by atoms with E-state index in [1.165, 1.54) is 13.3 Å². The summed E-state index contributed by atoms with van der Waals surface area (Å²) in [4.78, 5) is 36.2. The summed E-state index contributed by atoms with van der Waals surface area (Å²) in [6, 6.07) is -1.11. The van der Waals surface area contributed by atoms with Crippen LogP contribution in [0.4, 0.5) is 0 Å². The predicted molar refractivity (Wildman–Crippen MR) is 111 cm³/mol. The number of rotatable bonds is 13. The number of aliphatic hydroxyl groups excluding tert-OH is 1. The van der Waals surface area contributed by atoms with Crippen molar-refractivity contribution < 1.29 is 19.5 Å². The Morgan fingerprint density at radius 1 is 1.00 bits per heavy atom. The Morgan fingerprint density at radius 2 is 1.64 bits per heavy atom. The minimum Gasteiger partial charge on any atom is -0.394 e. The second-order valence-corrected chi connectivity index (χ2v) is 7.29. The lowest BCUT2D eigenvalue weighted by molar-refractivity contribution is -0.128. The number of carbonyl (C=O) groups is 3. The highest BCUT2D eigenvalue weighted by Crippen LogP contribution is 2.07. The molecule has 7 nitrogen and oxygen atoms in total. The molecular formula is C21H37N3O4. The molecule has 0 rings (SSSR count). The van der Waals surface area contributed by atoms with Crippen molar-refractivity contribution in [3.63, 3.8) is 0 Å². The first kappa shape index (κ1) is 25.9. The molecule has 0 spiro atoms. The van der Waals surface area contributed by atoms with Crippen LogP contribution in [0.2, 0.25) is 0 Å². The molecule has 0 fully saturated rings. The number of amides is 3. The highest BCUT2D eigenvalue weighted by Gasteiger charge is 2.22. The number of allylic oxidation sites excluding steroid dienone is 3. The van der Waals surface area contributed by atoms with Crippen LogP contribution in [0.3, 0.4) is 0 Å². The molecule has 4 N–H and O–H groups in total. The molecule has 160 valence electrons. The van der Waals surface area contributed by atoms with E-state index in [9.17, 15) is 19.5 Å². The average Bonchev–Trinajstić information content (AvgIpc) is 2.59. The normalized spacial score (nSPS) is 13.2. The number of hydrogen-bond acceptors (Lipinski definition) is 4. The highest BCUT2D eigenvalue weighted by atomic mass is 16.3. The summed E-state index contributed by atoms with van der Waals surface area (Å²) in [6.45, 7) is 8.62. The molecule has 7 heteroatoms. The first-order chi connectivity index (χ1) is 13.2. The van der Waals surface area contributed by atoms with Gasteiger partial charge in [0.2, 0.25) is 11.8 Å². The van der Waals surface area contributed by atoms with Crippen molar-refractivity contribution in [2.45, 2.75) is 79.2 Å². The molecule has 0 aromatic heterocycles. The molecule has 0 aliphatic rings. The van der Waals surface area contributed by atoms with E-state index < -0.39 is 24.5 Å². The third-order valence-corrected chi connectivity index (χ3v) is 3.92. The third kappa shape index (κ3) is 12.3. The summed E-state index contributed by atoms with van der Waals surface area (Å²) in [7, 11) is 0. The highest BCUT2D eigenvalue weighted by molar-refractivity contribution is 5.99. The van der Waals surface area contributed by atoms with Crippen molar-refractivity contribution in [1.29, 1.82) is 0 Å². The van der Waals surface area contributed by atoms with Crippen LogP contribution in [0.5, 0.6) is 0 Å². The van der Waals surface area contributed by atoms with Crippen molar-refractivity contribution >= 4 is 17.7 Å². The van der Waals surface area contributed by atoms with Crippen LogP contribution in [0.1, 0.15) is 73.1 Å². The van der Waals surface area contributed by atoms with Gasteiger partial charge >= 0.3 is 0 Å². The zero-order valence-electron chi connectivity index (χ0n) is 17.9. The van der Waals surface area contributed by atoms with Crippen LogP contribution in [-0.2, 0) is 14.4 Å². The number of aliphatic hydroxyl groups is 1. The third-order valence-electron chi connectivity index (χ3n) is 3.92. The van der Waals surface area contributed by atoms with Gasteiger partial charge in [-0.25, -0.2) is 0 Å².